The van der Waals surface area contributed by atoms with E-state index in [1.807, 2.05) is 166 Å². The van der Waals surface area contributed by atoms with E-state index in [2.05, 4.69) is 42.2 Å². The maximum atomic E-state index is 11.9. The van der Waals surface area contributed by atoms with Crippen molar-refractivity contribution in [1.29, 1.82) is 5.26 Å². The average molecular weight is 2230 g/mol. The lowest BCUT2D eigenvalue weighted by atomic mass is 9.40. The predicted octanol–water partition coefficient (Wildman–Crippen LogP) is 15.3. The largest absolute Gasteiger partial charge is 0.480 e. The summed E-state index contributed by atoms with van der Waals surface area (Å²) in [5, 5.41) is 43.5. The molecule has 8 heterocycles. The monoisotopic (exact) mass is 2230 g/mol. The van der Waals surface area contributed by atoms with Gasteiger partial charge in [0.1, 0.15) is 44.0 Å². The summed E-state index contributed by atoms with van der Waals surface area (Å²) in [6.07, 6.45) is 11.7. The third kappa shape index (κ3) is 81.2. The van der Waals surface area contributed by atoms with E-state index in [-0.39, 0.29) is 129 Å². The van der Waals surface area contributed by atoms with E-state index in [0.717, 1.165) is 71.5 Å². The number of aliphatic hydroxyl groups excluding tert-OH is 2. The molecule has 149 heavy (non-hydrogen) atoms. The van der Waals surface area contributed by atoms with Gasteiger partial charge < -0.3 is 132 Å². The summed E-state index contributed by atoms with van der Waals surface area (Å²) in [4.78, 5) is 126. The van der Waals surface area contributed by atoms with Gasteiger partial charge in [-0.05, 0) is 310 Å². The van der Waals surface area contributed by atoms with Gasteiger partial charge in [0.2, 0.25) is 0 Å². The first kappa shape index (κ1) is 144. The molecule has 8 rings (SSSR count). The number of ether oxygens (including phenoxy) is 15. The van der Waals surface area contributed by atoms with Crippen LogP contribution in [0.2, 0.25) is 0 Å². The van der Waals surface area contributed by atoms with Gasteiger partial charge in [-0.15, -0.1) is 0 Å². The minimum Gasteiger partial charge on any atom is -0.480 e. The molecule has 8 saturated heterocycles. The smallest absolute Gasteiger partial charge is 0.410 e. The van der Waals surface area contributed by atoms with E-state index in [9.17, 15) is 70.3 Å². The lowest BCUT2D eigenvalue weighted by molar-refractivity contribution is -0.158. The number of halogens is 3. The topological polar surface area (TPSA) is 506 Å². The van der Waals surface area contributed by atoms with Gasteiger partial charge in [0.15, 0.2) is 12.2 Å². The number of nitrogens with two attached hydrogens (primary N) is 1. The highest BCUT2D eigenvalue weighted by Gasteiger charge is 2.37. The normalized spacial score (nSPS) is 18.5. The molecule has 867 valence electrons. The molecule has 0 aromatic rings. The SMILES string of the molecule is C1CCOC1.CC(C)(C)OC(=O)N1CCC(O)CC1.COC(=O)[C@@H](C)OC1CCN(C(=O)OC(C)(C)C)CC1.C[C@@H](OC1CCN(C(=O)OC(C)(C)C)CC1)C(=O)O.C[C@H](Br)C(=O)O.C[C@H](CC#N)OC1CCN(C(=O)OC(C)(C)C)CC1.C[C@H](CCN)OC1CCN(C(=O)OC(C)(C)C)CC1.C[C@H](CO)OC1CCN(C(=O)OC(C)(C)C)CC1.C[C@H](COS(C)(=O)=O)OC1CCN(C(=O)OC(C)(C)C)CC1.[2H]CF.[2H]CF.[B][B][B]. The van der Waals surface area contributed by atoms with Gasteiger partial charge >= 0.3 is 60.6 Å². The average Bonchev–Trinajstić information content (AvgIpc) is 1.22. The fourth-order valence-corrected chi connectivity index (χ4v) is 14.3. The van der Waals surface area contributed by atoms with E-state index in [1.54, 1.807) is 55.1 Å². The highest BCUT2D eigenvalue weighted by atomic mass is 79.9. The summed E-state index contributed by atoms with van der Waals surface area (Å²) in [6.45, 7) is 62.5. The molecule has 0 saturated carbocycles. The van der Waals surface area contributed by atoms with Crippen molar-refractivity contribution in [2.75, 3.05) is 152 Å². The molecule has 41 nitrogen and oxygen atoms in total. The highest BCUT2D eigenvalue weighted by molar-refractivity contribution is 9.10. The molecular weight excluding hydrogens is 2030 g/mol. The number of alkyl halides is 3. The Bertz CT molecular complexity index is 3840. The molecule has 5 radical (unpaired) electrons. The Morgan fingerprint density at radius 2 is 0.644 bits per heavy atom. The Hall–Kier alpha value is -7.17. The fourth-order valence-electron chi connectivity index (χ4n) is 13.8. The van der Waals surface area contributed by atoms with Crippen molar-refractivity contribution >= 4 is 109 Å². The molecule has 7 amide bonds. The number of hydrogen-bond donors (Lipinski definition) is 5. The molecule has 8 aliphatic heterocycles. The van der Waals surface area contributed by atoms with Crippen molar-refractivity contribution in [3.05, 3.63) is 0 Å². The van der Waals surface area contributed by atoms with Crippen LogP contribution in [0.1, 0.15) is 312 Å². The molecule has 0 spiro atoms. The summed E-state index contributed by atoms with van der Waals surface area (Å²) in [6, 6.07) is 2.10. The van der Waals surface area contributed by atoms with E-state index >= 15 is 0 Å². The van der Waals surface area contributed by atoms with Gasteiger partial charge in [0.25, 0.3) is 10.1 Å². The Morgan fingerprint density at radius 3 is 0.832 bits per heavy atom. The number of hydrogen-bond acceptors (Lipinski definition) is 32. The number of likely N-dealkylation sites (tertiary alicyclic amines) is 7. The maximum Gasteiger partial charge on any atom is 0.410 e. The Balaban J connectivity index is -0.000000810. The molecule has 48 heteroatoms. The second-order valence-corrected chi connectivity index (χ2v) is 46.5. The molecule has 6 N–H and O–H groups in total. The van der Waals surface area contributed by atoms with Crippen molar-refractivity contribution in [2.24, 2.45) is 5.73 Å². The molecule has 0 aliphatic carbocycles. The van der Waals surface area contributed by atoms with E-state index in [4.69, 9.17) is 99.6 Å². The van der Waals surface area contributed by atoms with Crippen LogP contribution in [0.3, 0.4) is 0 Å². The maximum absolute atomic E-state index is 11.9. The third-order valence-corrected chi connectivity index (χ3v) is 21.9. The zero-order valence-electron chi connectivity index (χ0n) is 97.3. The number of carbonyl (C=O) groups excluding carboxylic acids is 8. The van der Waals surface area contributed by atoms with E-state index in [1.165, 1.54) is 26.9 Å². The summed E-state index contributed by atoms with van der Waals surface area (Å²) < 4.78 is 138. The van der Waals surface area contributed by atoms with Crippen molar-refractivity contribution in [3.8, 4) is 6.07 Å². The lowest BCUT2D eigenvalue weighted by Crippen LogP contribution is -2.44. The zero-order valence-corrected chi connectivity index (χ0v) is 97.7. The Kier molecular flexibility index (Phi) is 74.6. The number of methoxy groups -OCH3 is 1. The third-order valence-electron chi connectivity index (χ3n) is 20.9. The standard InChI is InChI=1S/C14H28N2O3.C14H24N2O3.C14H27NO6S.C14H25NO5.C13H23NO5.C13H25NO4.C10H19NO3.C4H8O.C3H5BrO2.2CH3F.B3/c2*1-11(5-8-15)18-12-6-9-16(10-7-12)13(17)19-14(2,3)4;1-11(10-19-22(5,17)18)20-12-6-8-15(9-7-12)13(16)21-14(2,3)4;1-10(12(16)18-5)19-11-6-8-15(9-7-11)13(17)20-14(2,3)4;1-9(11(15)16)18-10-5-7-14(8-6-10)12(17)19-13(2,3)4;1-10(9-15)17-11-5-7-14(8-6-11)12(16)18-13(2,3)4;1-10(2,3)14-9(13)11-6-4-8(12)5-7-11;1-2-4-5-3-1;1-2(4)3(5)6;2*1-2;1-3-2/h11-12H,5-10,15H2,1-4H3;11-12H,5-7,9-10H2,1-4H3;11-12H,6-10H2,1-5H3;10-11H,6-9H2,1-5H3;9-10H,5-8H2,1-4H3,(H,15,16);10-11,15H,5-9H2,1-4H3;8,12H,4-7H2,1-3H3;1-4H2;2H,1H3,(H,5,6);2*1H3;/t3*11-;10-;9-;10-;;;2-;;;/m111111..0.../s1/i;;;;;;;;;2*1D;. The number of amides is 7. The molecule has 0 aromatic heterocycles. The van der Waals surface area contributed by atoms with Gasteiger partial charge in [-0.2, -0.15) is 13.7 Å². The number of rotatable bonds is 22. The Labute approximate surface area is 904 Å². The predicted molar refractivity (Wildman–Crippen MR) is 570 cm³/mol. The molecule has 0 bridgehead atoms. The van der Waals surface area contributed by atoms with Crippen LogP contribution in [0.15, 0.2) is 0 Å². The minimum absolute atomic E-state index is 0.00292. The van der Waals surface area contributed by atoms with Crippen molar-refractivity contribution in [2.45, 2.75) is 433 Å². The van der Waals surface area contributed by atoms with Gasteiger partial charge in [-0.25, -0.2) is 43.2 Å². The molecule has 8 aliphatic rings. The number of aliphatic carboxylic acids is 2. The quantitative estimate of drug-likeness (QED) is 0.0221. The minimum atomic E-state index is -3.45. The molecule has 0 aromatic carbocycles. The molecule has 0 unspecified atom stereocenters. The summed E-state index contributed by atoms with van der Waals surface area (Å²) in [5.74, 6) is -2.16. The van der Waals surface area contributed by atoms with Crippen LogP contribution in [0.5, 0.6) is 0 Å². The van der Waals surface area contributed by atoms with E-state index < -0.39 is 92.6 Å². The molecule has 8 fully saturated rings. The van der Waals surface area contributed by atoms with E-state index in [0.29, 0.717) is 156 Å². The van der Waals surface area contributed by atoms with Crippen LogP contribution in [0.25, 0.3) is 0 Å². The number of carbonyl (C=O) groups is 10. The number of nitrogens with zero attached hydrogens (tertiary/aromatic N) is 8. The molecule has 7 atom stereocenters. The van der Waals surface area contributed by atoms with Crippen molar-refractivity contribution < 1.29 is 164 Å². The second kappa shape index (κ2) is 77.2. The number of nitriles is 1. The van der Waals surface area contributed by atoms with Crippen LogP contribution in [0, 0.1) is 11.3 Å². The summed E-state index contributed by atoms with van der Waals surface area (Å²) in [5.41, 5.74) is 2.26. The van der Waals surface area contributed by atoms with Crippen LogP contribution in [-0.4, -0.2) is 422 Å². The van der Waals surface area contributed by atoms with Gasteiger partial charge in [0, 0.05) is 127 Å². The van der Waals surface area contributed by atoms with Crippen LogP contribution in [-0.2, 0) is 99.7 Å². The first-order valence-electron chi connectivity index (χ1n) is 52.7. The summed E-state index contributed by atoms with van der Waals surface area (Å²) in [7, 11) is 5.89. The highest BCUT2D eigenvalue weighted by Crippen LogP contribution is 2.28. The number of carboxylic acid groups (broad SMARTS) is 2. The zero-order chi connectivity index (χ0) is 117. The first-order chi connectivity index (χ1) is 69.6. The van der Waals surface area contributed by atoms with Gasteiger partial charge in [-0.3, -0.25) is 17.8 Å². The number of esters is 1. The fraction of sp³-hybridized carbons (Fsp3) is 0.891. The first-order valence-corrected chi connectivity index (χ1v) is 54.0. The van der Waals surface area contributed by atoms with Gasteiger partial charge in [-0.1, -0.05) is 15.9 Å². The Morgan fingerprint density at radius 1 is 0.430 bits per heavy atom. The number of piperidine rings is 7. The van der Waals surface area contributed by atoms with Crippen LogP contribution < -0.4 is 5.73 Å². The molecular formula is C101H190B3BrF2N9O32S. The number of carboxylic acids is 2. The van der Waals surface area contributed by atoms with Crippen LogP contribution in [0.4, 0.5) is 42.3 Å². The van der Waals surface area contributed by atoms with Crippen molar-refractivity contribution in [1.82, 2.24) is 34.3 Å². The second-order valence-electron chi connectivity index (χ2n) is 43.5. The lowest BCUT2D eigenvalue weighted by Gasteiger charge is -2.34. The summed E-state index contributed by atoms with van der Waals surface area (Å²) >= 11 is 2.84. The van der Waals surface area contributed by atoms with Gasteiger partial charge in [0.05, 0.1) is 123 Å². The van der Waals surface area contributed by atoms with Crippen LogP contribution >= 0.6 is 15.9 Å². The number of aliphatic hydroxyl groups is 2. The van der Waals surface area contributed by atoms with Crippen molar-refractivity contribution in [3.63, 3.8) is 0 Å².